The predicted octanol–water partition coefficient (Wildman–Crippen LogP) is 1.36. The summed E-state index contributed by atoms with van der Waals surface area (Å²) in [6.45, 7) is -0.0898. The van der Waals surface area contributed by atoms with E-state index in [-0.39, 0.29) is 13.0 Å². The van der Waals surface area contributed by atoms with Gasteiger partial charge in [-0.1, -0.05) is 0 Å². The van der Waals surface area contributed by atoms with E-state index in [9.17, 15) is 13.2 Å². The molecule has 0 amide bonds. The van der Waals surface area contributed by atoms with E-state index in [2.05, 4.69) is 9.71 Å². The Hall–Kier alpha value is -1.71. The highest BCUT2D eigenvalue weighted by atomic mass is 32.2. The van der Waals surface area contributed by atoms with Gasteiger partial charge in [0.1, 0.15) is 0 Å². The van der Waals surface area contributed by atoms with E-state index in [0.717, 1.165) is 14.5 Å². The molecule has 7 nitrogen and oxygen atoms in total. The summed E-state index contributed by atoms with van der Waals surface area (Å²) in [6.07, 6.45) is -0.245. The summed E-state index contributed by atoms with van der Waals surface area (Å²) in [6, 6.07) is 5.03. The Morgan fingerprint density at radius 3 is 2.95 bits per heavy atom. The van der Waals surface area contributed by atoms with Gasteiger partial charge in [0.05, 0.1) is 27.8 Å². The number of hydrogen-bond acceptors (Lipinski definition) is 5. The Morgan fingerprint density at radius 1 is 1.50 bits per heavy atom. The number of rotatable bonds is 6. The van der Waals surface area contributed by atoms with E-state index in [1.807, 2.05) is 0 Å². The fourth-order valence-corrected chi connectivity index (χ4v) is 3.15. The molecule has 0 spiro atoms. The Kier molecular flexibility index (Phi) is 4.21. The number of carboxylic acids is 1. The lowest BCUT2D eigenvalue weighted by Gasteiger charge is -2.17. The van der Waals surface area contributed by atoms with Crippen LogP contribution in [0.25, 0.3) is 10.2 Å². The summed E-state index contributed by atoms with van der Waals surface area (Å²) in [5, 5.41) is 8.57. The molecule has 0 aliphatic carbocycles. The van der Waals surface area contributed by atoms with E-state index in [0.29, 0.717) is 5.69 Å². The number of fused-ring (bicyclic) bond motifs is 1. The molecule has 1 heterocycles. The van der Waals surface area contributed by atoms with Crippen molar-refractivity contribution in [2.75, 3.05) is 18.3 Å². The van der Waals surface area contributed by atoms with Crippen molar-refractivity contribution in [2.24, 2.45) is 0 Å². The highest BCUT2D eigenvalue weighted by Gasteiger charge is 2.18. The number of aromatic nitrogens is 1. The van der Waals surface area contributed by atoms with Crippen molar-refractivity contribution in [1.82, 2.24) is 9.29 Å². The van der Waals surface area contributed by atoms with Crippen molar-refractivity contribution >= 4 is 43.4 Å². The molecule has 0 saturated heterocycles. The maximum absolute atomic E-state index is 12.0. The number of thiazole rings is 1. The average molecular weight is 315 g/mol. The minimum absolute atomic E-state index is 0.0898. The van der Waals surface area contributed by atoms with E-state index < -0.39 is 16.2 Å². The first-order valence-electron chi connectivity index (χ1n) is 5.67. The van der Waals surface area contributed by atoms with Gasteiger partial charge in [-0.05, 0) is 18.2 Å². The van der Waals surface area contributed by atoms with Crippen LogP contribution >= 0.6 is 11.3 Å². The van der Waals surface area contributed by atoms with Crippen molar-refractivity contribution < 1.29 is 18.3 Å². The van der Waals surface area contributed by atoms with Crippen LogP contribution in [-0.4, -0.2) is 42.4 Å². The van der Waals surface area contributed by atoms with E-state index in [1.54, 1.807) is 23.7 Å². The summed E-state index contributed by atoms with van der Waals surface area (Å²) < 4.78 is 28.2. The maximum Gasteiger partial charge on any atom is 0.304 e. The summed E-state index contributed by atoms with van der Waals surface area (Å²) in [5.74, 6) is -1.04. The van der Waals surface area contributed by atoms with Crippen molar-refractivity contribution in [1.29, 1.82) is 0 Å². The fourth-order valence-electron chi connectivity index (χ4n) is 1.52. The maximum atomic E-state index is 12.0. The number of nitrogens with zero attached hydrogens (tertiary/aromatic N) is 2. The number of hydrogen-bond donors (Lipinski definition) is 2. The molecule has 108 valence electrons. The minimum atomic E-state index is -3.76. The second kappa shape index (κ2) is 5.73. The van der Waals surface area contributed by atoms with Gasteiger partial charge in [-0.2, -0.15) is 12.7 Å². The Balaban J connectivity index is 2.12. The molecule has 2 N–H and O–H groups in total. The van der Waals surface area contributed by atoms with Gasteiger partial charge < -0.3 is 5.11 Å². The lowest BCUT2D eigenvalue weighted by Crippen LogP contribution is -2.34. The van der Waals surface area contributed by atoms with Gasteiger partial charge in [0.25, 0.3) is 0 Å². The van der Waals surface area contributed by atoms with Gasteiger partial charge in [-0.15, -0.1) is 11.3 Å². The molecular formula is C11H13N3O4S2. The van der Waals surface area contributed by atoms with Gasteiger partial charge in [0.2, 0.25) is 0 Å². The molecular weight excluding hydrogens is 302 g/mol. The van der Waals surface area contributed by atoms with Gasteiger partial charge in [-0.25, -0.2) is 4.98 Å². The molecule has 1 aromatic heterocycles. The van der Waals surface area contributed by atoms with Crippen molar-refractivity contribution in [3.8, 4) is 0 Å². The monoisotopic (exact) mass is 315 g/mol. The number of aliphatic carboxylic acids is 1. The first kappa shape index (κ1) is 14.7. The topological polar surface area (TPSA) is 99.6 Å². The zero-order valence-corrected chi connectivity index (χ0v) is 12.2. The highest BCUT2D eigenvalue weighted by Crippen LogP contribution is 2.22. The first-order chi connectivity index (χ1) is 9.38. The SMILES string of the molecule is CN(CCC(=O)O)S(=O)(=O)Nc1ccc2ncsc2c1. The van der Waals surface area contributed by atoms with Gasteiger partial charge in [0, 0.05) is 13.6 Å². The normalized spacial score (nSPS) is 11.9. The molecule has 0 bridgehead atoms. The molecule has 1 aromatic carbocycles. The second-order valence-electron chi connectivity index (χ2n) is 4.11. The number of carboxylic acid groups (broad SMARTS) is 1. The van der Waals surface area contributed by atoms with Crippen LogP contribution in [0.5, 0.6) is 0 Å². The quantitative estimate of drug-likeness (QED) is 0.838. The van der Waals surface area contributed by atoms with Crippen LogP contribution in [-0.2, 0) is 15.0 Å². The van der Waals surface area contributed by atoms with Crippen LogP contribution in [0.2, 0.25) is 0 Å². The zero-order valence-electron chi connectivity index (χ0n) is 10.6. The number of benzene rings is 1. The van der Waals surface area contributed by atoms with Crippen LogP contribution < -0.4 is 4.72 Å². The van der Waals surface area contributed by atoms with Crippen LogP contribution in [0.1, 0.15) is 6.42 Å². The second-order valence-corrected chi connectivity index (χ2v) is 6.77. The number of carbonyl (C=O) groups is 1. The van der Waals surface area contributed by atoms with Crippen LogP contribution in [0.4, 0.5) is 5.69 Å². The summed E-state index contributed by atoms with van der Waals surface area (Å²) in [4.78, 5) is 14.6. The molecule has 0 unspecified atom stereocenters. The van der Waals surface area contributed by atoms with Crippen LogP contribution in [0, 0.1) is 0 Å². The molecule has 20 heavy (non-hydrogen) atoms. The van der Waals surface area contributed by atoms with Crippen molar-refractivity contribution in [3.05, 3.63) is 23.7 Å². The molecule has 0 aliphatic heterocycles. The third kappa shape index (κ3) is 3.44. The van der Waals surface area contributed by atoms with Gasteiger partial charge in [0.15, 0.2) is 0 Å². The van der Waals surface area contributed by atoms with Crippen molar-refractivity contribution in [2.45, 2.75) is 6.42 Å². The molecule has 0 aliphatic rings. The standard InChI is InChI=1S/C11H13N3O4S2/c1-14(5-4-11(15)16)20(17,18)13-8-2-3-9-10(6-8)19-7-12-9/h2-3,6-7,13H,4-5H2,1H3,(H,15,16). The van der Waals surface area contributed by atoms with Crippen molar-refractivity contribution in [3.63, 3.8) is 0 Å². The summed E-state index contributed by atoms with van der Waals surface area (Å²) >= 11 is 1.41. The number of anilines is 1. The Morgan fingerprint density at radius 2 is 2.25 bits per heavy atom. The highest BCUT2D eigenvalue weighted by molar-refractivity contribution is 7.90. The predicted molar refractivity (Wildman–Crippen MR) is 77.0 cm³/mol. The third-order valence-electron chi connectivity index (χ3n) is 2.63. The average Bonchev–Trinajstić information content (AvgIpc) is 2.82. The fraction of sp³-hybridized carbons (Fsp3) is 0.273. The first-order valence-corrected chi connectivity index (χ1v) is 7.99. The molecule has 0 fully saturated rings. The van der Waals surface area contributed by atoms with E-state index >= 15 is 0 Å². The largest absolute Gasteiger partial charge is 0.481 e. The van der Waals surface area contributed by atoms with Gasteiger partial charge in [-0.3, -0.25) is 9.52 Å². The summed E-state index contributed by atoms with van der Waals surface area (Å²) in [7, 11) is -2.43. The third-order valence-corrected chi connectivity index (χ3v) is 4.92. The zero-order chi connectivity index (χ0) is 14.8. The lowest BCUT2D eigenvalue weighted by atomic mass is 10.3. The lowest BCUT2D eigenvalue weighted by molar-refractivity contribution is -0.137. The Bertz CT molecular complexity index is 726. The molecule has 2 aromatic rings. The summed E-state index contributed by atoms with van der Waals surface area (Å²) in [5.41, 5.74) is 2.91. The Labute approximate surface area is 120 Å². The van der Waals surface area contributed by atoms with E-state index in [4.69, 9.17) is 5.11 Å². The number of nitrogens with one attached hydrogen (secondary N) is 1. The van der Waals surface area contributed by atoms with Crippen LogP contribution in [0.15, 0.2) is 23.7 Å². The smallest absolute Gasteiger partial charge is 0.304 e. The molecule has 0 atom stereocenters. The molecule has 0 saturated carbocycles. The molecule has 9 heteroatoms. The van der Waals surface area contributed by atoms with Crippen LogP contribution in [0.3, 0.4) is 0 Å². The van der Waals surface area contributed by atoms with E-state index in [1.165, 1.54) is 18.4 Å². The van der Waals surface area contributed by atoms with Gasteiger partial charge >= 0.3 is 16.2 Å². The minimum Gasteiger partial charge on any atom is -0.481 e. The molecule has 2 rings (SSSR count). The molecule has 0 radical (unpaired) electrons.